The Morgan fingerprint density at radius 3 is 1.95 bits per heavy atom. The van der Waals surface area contributed by atoms with Gasteiger partial charge in [0.2, 0.25) is 0 Å². The van der Waals surface area contributed by atoms with Crippen LogP contribution in [0.15, 0.2) is 114 Å². The molecule has 0 bridgehead atoms. The maximum absolute atomic E-state index is 12.8. The molecule has 0 amide bonds. The molecule has 6 heteroatoms. The van der Waals surface area contributed by atoms with E-state index in [-0.39, 0.29) is 42.3 Å². The minimum atomic E-state index is -2.36. The Kier molecular flexibility index (Phi) is 12.3. The molecule has 1 radical (unpaired) electrons. The molecular weight excluding hydrogens is 978 g/mol. The number of rotatable bonds is 6. The second-order valence-electron chi connectivity index (χ2n) is 20.1. The third kappa shape index (κ3) is 9.44. The zero-order valence-corrected chi connectivity index (χ0v) is 42.0. The number of aryl methyl sites for hydroxylation is 1. The molecule has 3 aromatic heterocycles. The normalized spacial score (nSPS) is 13.0. The molecule has 0 saturated heterocycles. The van der Waals surface area contributed by atoms with Crippen LogP contribution in [-0.2, 0) is 30.9 Å². The largest absolute Gasteiger partial charge is 0.500 e. The second kappa shape index (κ2) is 18.4. The van der Waals surface area contributed by atoms with E-state index in [9.17, 15) is 4.39 Å². The van der Waals surface area contributed by atoms with Crippen molar-refractivity contribution in [3.8, 4) is 33.6 Å². The van der Waals surface area contributed by atoms with E-state index < -0.39 is 6.85 Å². The van der Waals surface area contributed by atoms with Gasteiger partial charge >= 0.3 is 0 Å². The van der Waals surface area contributed by atoms with Crippen molar-refractivity contribution in [1.82, 2.24) is 15.0 Å². The summed E-state index contributed by atoms with van der Waals surface area (Å²) in [5, 5.41) is 5.50. The number of nitrogens with zero attached hydrogens (tertiary/aromatic N) is 3. The molecule has 0 fully saturated rings. The van der Waals surface area contributed by atoms with Crippen LogP contribution >= 0.6 is 0 Å². The summed E-state index contributed by atoms with van der Waals surface area (Å²) < 4.78 is 45.0. The fourth-order valence-electron chi connectivity index (χ4n) is 8.57. The molecule has 0 saturated carbocycles. The Bertz CT molecular complexity index is 3270. The van der Waals surface area contributed by atoms with Crippen LogP contribution in [0.2, 0.25) is 0 Å². The molecule has 0 atom stereocenters. The van der Waals surface area contributed by atoms with Gasteiger partial charge in [-0.1, -0.05) is 162 Å². The summed E-state index contributed by atoms with van der Waals surface area (Å²) >= 11 is 0. The van der Waals surface area contributed by atoms with Crippen molar-refractivity contribution in [2.24, 2.45) is 0 Å². The van der Waals surface area contributed by atoms with Crippen LogP contribution in [-0.4, -0.2) is 15.0 Å². The molecule has 0 aliphatic heterocycles. The molecule has 0 N–H and O–H groups in total. The molecule has 4 nitrogen and oxygen atoms in total. The number of hydrogen-bond acceptors (Lipinski definition) is 4. The fraction of sp³-hybridized carbons (Fsp3) is 0.305. The fourth-order valence-corrected chi connectivity index (χ4v) is 8.57. The van der Waals surface area contributed by atoms with E-state index in [1.54, 1.807) is 24.7 Å². The van der Waals surface area contributed by atoms with Crippen molar-refractivity contribution in [3.63, 3.8) is 0 Å². The van der Waals surface area contributed by atoms with Gasteiger partial charge in [-0.3, -0.25) is 9.37 Å². The van der Waals surface area contributed by atoms with Crippen molar-refractivity contribution in [2.45, 2.75) is 119 Å². The predicted molar refractivity (Wildman–Crippen MR) is 267 cm³/mol. The zero-order chi connectivity index (χ0) is 48.3. The molecule has 0 aliphatic carbocycles. The van der Waals surface area contributed by atoms with Crippen LogP contribution in [0.5, 0.6) is 0 Å². The number of halogens is 1. The van der Waals surface area contributed by atoms with Crippen LogP contribution in [0, 0.1) is 24.8 Å². The van der Waals surface area contributed by atoms with Crippen LogP contribution in [0.3, 0.4) is 0 Å². The summed E-state index contributed by atoms with van der Waals surface area (Å²) in [5.41, 5.74) is 12.9. The summed E-state index contributed by atoms with van der Waals surface area (Å²) in [4.78, 5) is 13.4. The summed E-state index contributed by atoms with van der Waals surface area (Å²) in [5.74, 6) is 0.917. The summed E-state index contributed by atoms with van der Waals surface area (Å²) in [6.45, 7) is 24.1. The average Bonchev–Trinajstić information content (AvgIpc) is 3.67. The van der Waals surface area contributed by atoms with Gasteiger partial charge in [0.25, 0.3) is 0 Å². The minimum absolute atomic E-state index is 0. The van der Waals surface area contributed by atoms with Gasteiger partial charge < -0.3 is 9.40 Å². The standard InChI is InChI=1S/C44H45N2O.C15H15FN.Ir/c1-24(2)31-20-35(25(3)4)40(36(21-31)26(5)6)30-15-17-32-29(19-30)13-12-28-14-18-34-39-27(7)11-16-33(42(39)47-43(34)41(28)32)37-22-38(44(8,9)10)46-23-45-37;1-15(2,3)12-8-9-17-14(10-12)11-4-6-13(16)7-5-11;/h11-15,17-26H,1-10H3;4,6-10H,1-3H3;/q2*-1;/i7D3;;. The summed E-state index contributed by atoms with van der Waals surface area (Å²) in [6.07, 6.45) is 3.34. The molecule has 6 aromatic carbocycles. The molecule has 9 aromatic rings. The second-order valence-corrected chi connectivity index (χ2v) is 20.1. The third-order valence-electron chi connectivity index (χ3n) is 12.3. The Morgan fingerprint density at radius 2 is 1.32 bits per heavy atom. The number of aromatic nitrogens is 3. The van der Waals surface area contributed by atoms with Crippen molar-refractivity contribution in [3.05, 3.63) is 161 Å². The van der Waals surface area contributed by atoms with E-state index in [0.717, 1.165) is 43.9 Å². The topological polar surface area (TPSA) is 51.8 Å². The van der Waals surface area contributed by atoms with E-state index in [0.29, 0.717) is 45.6 Å². The smallest absolute Gasteiger partial charge is 0.129 e. The number of pyridine rings is 1. The maximum atomic E-state index is 12.8. The molecule has 0 spiro atoms. The van der Waals surface area contributed by atoms with Crippen molar-refractivity contribution in [1.29, 1.82) is 0 Å². The first kappa shape index (κ1) is 43.3. The van der Waals surface area contributed by atoms with Crippen LogP contribution in [0.4, 0.5) is 4.39 Å². The van der Waals surface area contributed by atoms with E-state index >= 15 is 0 Å². The van der Waals surface area contributed by atoms with E-state index in [1.807, 2.05) is 24.3 Å². The van der Waals surface area contributed by atoms with Crippen LogP contribution in [0.1, 0.15) is 138 Å². The Balaban J connectivity index is 0.000000320. The molecule has 9 rings (SSSR count). The van der Waals surface area contributed by atoms with E-state index in [2.05, 4.69) is 159 Å². The Labute approximate surface area is 402 Å². The van der Waals surface area contributed by atoms with Crippen molar-refractivity contribution in [2.75, 3.05) is 0 Å². The summed E-state index contributed by atoms with van der Waals surface area (Å²) in [7, 11) is 0. The first-order valence-corrected chi connectivity index (χ1v) is 22.4. The molecule has 3 heterocycles. The molecule has 0 unspecified atom stereocenters. The van der Waals surface area contributed by atoms with Crippen molar-refractivity contribution < 1.29 is 33.0 Å². The van der Waals surface area contributed by atoms with Gasteiger partial charge in [-0.15, -0.1) is 47.5 Å². The first-order chi connectivity index (χ1) is 31.5. The predicted octanol–water partition coefficient (Wildman–Crippen LogP) is 16.8. The number of furan rings is 1. The average molecular weight is 1040 g/mol. The Morgan fingerprint density at radius 1 is 0.631 bits per heavy atom. The first-order valence-electron chi connectivity index (χ1n) is 23.9. The van der Waals surface area contributed by atoms with Gasteiger partial charge in [0.15, 0.2) is 0 Å². The third-order valence-corrected chi connectivity index (χ3v) is 12.3. The summed E-state index contributed by atoms with van der Waals surface area (Å²) in [6, 6.07) is 38.1. The molecule has 0 aliphatic rings. The van der Waals surface area contributed by atoms with Crippen LogP contribution in [0.25, 0.3) is 77.1 Å². The van der Waals surface area contributed by atoms with E-state index in [4.69, 9.17) is 8.53 Å². The van der Waals surface area contributed by atoms with Crippen molar-refractivity contribution >= 4 is 43.5 Å². The van der Waals surface area contributed by atoms with Gasteiger partial charge in [-0.25, -0.2) is 4.98 Å². The number of hydrogen-bond donors (Lipinski definition) is 0. The molecule has 335 valence electrons. The monoisotopic (exact) mass is 1040 g/mol. The molecule has 65 heavy (non-hydrogen) atoms. The van der Waals surface area contributed by atoms with Gasteiger partial charge in [-0.2, -0.15) is 0 Å². The maximum Gasteiger partial charge on any atom is 0.129 e. The van der Waals surface area contributed by atoms with Gasteiger partial charge in [0.05, 0.1) is 5.58 Å². The van der Waals surface area contributed by atoms with Gasteiger partial charge in [0.1, 0.15) is 11.9 Å². The van der Waals surface area contributed by atoms with Gasteiger partial charge in [-0.05, 0) is 96.2 Å². The number of fused-ring (bicyclic) bond motifs is 7. The van der Waals surface area contributed by atoms with Gasteiger partial charge in [0, 0.05) is 58.1 Å². The van der Waals surface area contributed by atoms with E-state index in [1.165, 1.54) is 45.5 Å². The SMILES string of the molecule is CC(C)(C)c1ccnc(-c2[c-]cc(F)cc2)c1.[2H]C([2H])([2H])c1c[c-]c(-c2cc(C(C)(C)C)ncn2)c2oc3c(ccc4ccc5cc(-c6c(C(C)C)cc(C(C)C)cc6C(C)C)ccc5c43)c12.[Ir]. The minimum Gasteiger partial charge on any atom is -0.500 e. The quantitative estimate of drug-likeness (QED) is 0.123. The number of benzene rings is 6. The Hall–Kier alpha value is -5.55. The van der Waals surface area contributed by atoms with Crippen LogP contribution < -0.4 is 0 Å². The molecular formula is C59H60FIrN3O-2. The zero-order valence-electron chi connectivity index (χ0n) is 42.6.